The molecule has 76 valence electrons. The van der Waals surface area contributed by atoms with Crippen molar-refractivity contribution < 1.29 is 0 Å². The van der Waals surface area contributed by atoms with E-state index in [9.17, 15) is 0 Å². The van der Waals surface area contributed by atoms with Gasteiger partial charge in [-0.25, -0.2) is 0 Å². The summed E-state index contributed by atoms with van der Waals surface area (Å²) in [5, 5.41) is 3.40. The standard InChI is InChI=1S/C11H22N2/c1-12-9-6-7-11(8-9)13(2)10-4-3-5-10/h9-12H,3-8H2,1-2H3. The third kappa shape index (κ3) is 1.89. The predicted octanol–water partition coefficient (Wildman–Crippen LogP) is 1.61. The largest absolute Gasteiger partial charge is 0.317 e. The quantitative estimate of drug-likeness (QED) is 0.713. The highest BCUT2D eigenvalue weighted by molar-refractivity contribution is 4.89. The Morgan fingerprint density at radius 3 is 2.31 bits per heavy atom. The van der Waals surface area contributed by atoms with E-state index in [1.807, 2.05) is 0 Å². The van der Waals surface area contributed by atoms with Gasteiger partial charge < -0.3 is 10.2 Å². The van der Waals surface area contributed by atoms with Gasteiger partial charge in [0.05, 0.1) is 0 Å². The first-order valence-corrected chi connectivity index (χ1v) is 5.70. The maximum absolute atomic E-state index is 3.40. The molecule has 13 heavy (non-hydrogen) atoms. The molecule has 2 nitrogen and oxygen atoms in total. The maximum Gasteiger partial charge on any atom is 0.0110 e. The van der Waals surface area contributed by atoms with Gasteiger partial charge >= 0.3 is 0 Å². The van der Waals surface area contributed by atoms with Crippen LogP contribution in [0.25, 0.3) is 0 Å². The van der Waals surface area contributed by atoms with Crippen LogP contribution < -0.4 is 5.32 Å². The van der Waals surface area contributed by atoms with Crippen LogP contribution in [0.4, 0.5) is 0 Å². The fourth-order valence-corrected chi connectivity index (χ4v) is 2.68. The maximum atomic E-state index is 3.40. The van der Waals surface area contributed by atoms with Crippen LogP contribution >= 0.6 is 0 Å². The summed E-state index contributed by atoms with van der Waals surface area (Å²) in [6, 6.07) is 2.57. The lowest BCUT2D eigenvalue weighted by molar-refractivity contribution is 0.111. The van der Waals surface area contributed by atoms with Crippen LogP contribution in [0.3, 0.4) is 0 Å². The molecule has 0 aromatic rings. The van der Waals surface area contributed by atoms with Gasteiger partial charge in [-0.15, -0.1) is 0 Å². The van der Waals surface area contributed by atoms with Crippen molar-refractivity contribution in [3.8, 4) is 0 Å². The van der Waals surface area contributed by atoms with Gasteiger partial charge in [0.15, 0.2) is 0 Å². The number of nitrogens with one attached hydrogen (secondary N) is 1. The summed E-state index contributed by atoms with van der Waals surface area (Å²) in [6.07, 6.45) is 8.48. The molecule has 0 saturated heterocycles. The van der Waals surface area contributed by atoms with Crippen LogP contribution in [-0.2, 0) is 0 Å². The smallest absolute Gasteiger partial charge is 0.0110 e. The number of hydrogen-bond acceptors (Lipinski definition) is 2. The Hall–Kier alpha value is -0.0800. The topological polar surface area (TPSA) is 15.3 Å². The summed E-state index contributed by atoms with van der Waals surface area (Å²) in [7, 11) is 4.42. The van der Waals surface area contributed by atoms with Gasteiger partial charge in [-0.1, -0.05) is 6.42 Å². The molecule has 2 heteroatoms. The second-order valence-electron chi connectivity index (χ2n) is 4.70. The highest BCUT2D eigenvalue weighted by atomic mass is 15.2. The van der Waals surface area contributed by atoms with Gasteiger partial charge in [-0.3, -0.25) is 0 Å². The van der Waals surface area contributed by atoms with Gasteiger partial charge in [0.1, 0.15) is 0 Å². The molecule has 2 fully saturated rings. The molecule has 2 aliphatic rings. The van der Waals surface area contributed by atoms with Crippen molar-refractivity contribution in [1.82, 2.24) is 10.2 Å². The zero-order valence-electron chi connectivity index (χ0n) is 8.92. The van der Waals surface area contributed by atoms with Crippen molar-refractivity contribution in [3.05, 3.63) is 0 Å². The molecule has 0 aliphatic heterocycles. The Balaban J connectivity index is 1.80. The third-order valence-electron chi connectivity index (χ3n) is 4.04. The predicted molar refractivity (Wildman–Crippen MR) is 55.9 cm³/mol. The first kappa shape index (κ1) is 9.47. The highest BCUT2D eigenvalue weighted by Gasteiger charge is 2.32. The number of nitrogens with zero attached hydrogens (tertiary/aromatic N) is 1. The molecule has 1 N–H and O–H groups in total. The molecule has 0 amide bonds. The molecule has 2 aliphatic carbocycles. The van der Waals surface area contributed by atoms with E-state index < -0.39 is 0 Å². The molecule has 2 atom stereocenters. The van der Waals surface area contributed by atoms with Crippen LogP contribution in [0.2, 0.25) is 0 Å². The first-order chi connectivity index (χ1) is 6.31. The molecule has 0 spiro atoms. The third-order valence-corrected chi connectivity index (χ3v) is 4.04. The normalized spacial score (nSPS) is 35.3. The summed E-state index contributed by atoms with van der Waals surface area (Å²) < 4.78 is 0. The fourth-order valence-electron chi connectivity index (χ4n) is 2.68. The van der Waals surface area contributed by atoms with Gasteiger partial charge in [0.25, 0.3) is 0 Å². The zero-order chi connectivity index (χ0) is 9.26. The van der Waals surface area contributed by atoms with Crippen LogP contribution in [0, 0.1) is 0 Å². The van der Waals surface area contributed by atoms with Crippen molar-refractivity contribution >= 4 is 0 Å². The Kier molecular flexibility index (Phi) is 2.89. The Bertz CT molecular complexity index is 165. The second kappa shape index (κ2) is 3.97. The highest BCUT2D eigenvalue weighted by Crippen LogP contribution is 2.31. The molecule has 0 aromatic heterocycles. The van der Waals surface area contributed by atoms with Crippen molar-refractivity contribution in [3.63, 3.8) is 0 Å². The Labute approximate surface area is 81.7 Å². The van der Waals surface area contributed by atoms with Gasteiger partial charge in [-0.05, 0) is 46.2 Å². The summed E-state index contributed by atoms with van der Waals surface area (Å²) in [6.45, 7) is 0. The SMILES string of the molecule is CNC1CCC(N(C)C2CCC2)C1. The number of hydrogen-bond donors (Lipinski definition) is 1. The first-order valence-electron chi connectivity index (χ1n) is 5.70. The van der Waals surface area contributed by atoms with Crippen LogP contribution in [0.1, 0.15) is 38.5 Å². The molecule has 0 aromatic carbocycles. The monoisotopic (exact) mass is 182 g/mol. The van der Waals surface area contributed by atoms with E-state index in [-0.39, 0.29) is 0 Å². The molecule has 0 bridgehead atoms. The molecule has 0 radical (unpaired) electrons. The minimum atomic E-state index is 0.785. The van der Waals surface area contributed by atoms with Crippen molar-refractivity contribution in [2.75, 3.05) is 14.1 Å². The minimum absolute atomic E-state index is 0.785. The lowest BCUT2D eigenvalue weighted by atomic mass is 9.90. The van der Waals surface area contributed by atoms with Crippen LogP contribution in [-0.4, -0.2) is 37.1 Å². The molecule has 2 rings (SSSR count). The summed E-state index contributed by atoms with van der Waals surface area (Å²) >= 11 is 0. The van der Waals surface area contributed by atoms with Gasteiger partial charge in [0.2, 0.25) is 0 Å². The average Bonchev–Trinajstić information content (AvgIpc) is 2.48. The Morgan fingerprint density at radius 2 is 1.85 bits per heavy atom. The molecular formula is C11H22N2. The van der Waals surface area contributed by atoms with Crippen LogP contribution in [0.5, 0.6) is 0 Å². The Morgan fingerprint density at radius 1 is 1.08 bits per heavy atom. The average molecular weight is 182 g/mol. The number of rotatable bonds is 3. The minimum Gasteiger partial charge on any atom is -0.317 e. The lowest BCUT2D eigenvalue weighted by Crippen LogP contribution is -2.43. The summed E-state index contributed by atoms with van der Waals surface area (Å²) in [4.78, 5) is 2.64. The van der Waals surface area contributed by atoms with Crippen LogP contribution in [0.15, 0.2) is 0 Å². The van der Waals surface area contributed by atoms with E-state index in [2.05, 4.69) is 24.3 Å². The van der Waals surface area contributed by atoms with E-state index in [0.717, 1.165) is 18.1 Å². The fraction of sp³-hybridized carbons (Fsp3) is 1.00. The molecule has 2 unspecified atom stereocenters. The van der Waals surface area contributed by atoms with E-state index in [1.165, 1.54) is 38.5 Å². The van der Waals surface area contributed by atoms with Gasteiger partial charge in [0, 0.05) is 18.1 Å². The molecular weight excluding hydrogens is 160 g/mol. The molecule has 2 saturated carbocycles. The van der Waals surface area contributed by atoms with Gasteiger partial charge in [-0.2, -0.15) is 0 Å². The summed E-state index contributed by atoms with van der Waals surface area (Å²) in [5.41, 5.74) is 0. The lowest BCUT2D eigenvalue weighted by Gasteiger charge is -2.38. The van der Waals surface area contributed by atoms with E-state index >= 15 is 0 Å². The van der Waals surface area contributed by atoms with E-state index in [4.69, 9.17) is 0 Å². The van der Waals surface area contributed by atoms with Crippen molar-refractivity contribution in [2.24, 2.45) is 0 Å². The summed E-state index contributed by atoms with van der Waals surface area (Å²) in [5.74, 6) is 0. The molecule has 0 heterocycles. The van der Waals surface area contributed by atoms with E-state index in [1.54, 1.807) is 0 Å². The van der Waals surface area contributed by atoms with E-state index in [0.29, 0.717) is 0 Å². The second-order valence-corrected chi connectivity index (χ2v) is 4.70. The zero-order valence-corrected chi connectivity index (χ0v) is 8.92. The van der Waals surface area contributed by atoms with Crippen molar-refractivity contribution in [2.45, 2.75) is 56.7 Å². The van der Waals surface area contributed by atoms with Crippen molar-refractivity contribution in [1.29, 1.82) is 0 Å².